The van der Waals surface area contributed by atoms with Crippen LogP contribution in [0.4, 0.5) is 0 Å². The van der Waals surface area contributed by atoms with Gasteiger partial charge in [-0.05, 0) is 31.3 Å². The van der Waals surface area contributed by atoms with Crippen molar-refractivity contribution in [3.8, 4) is 23.6 Å². The molecule has 1 saturated heterocycles. The number of para-hydroxylation sites is 2. The van der Waals surface area contributed by atoms with Crippen molar-refractivity contribution < 1.29 is 14.2 Å². The van der Waals surface area contributed by atoms with Crippen molar-refractivity contribution >= 4 is 0 Å². The lowest BCUT2D eigenvalue weighted by atomic mass is 10.2. The molecule has 162 valence electrons. The molecule has 1 aliphatic heterocycles. The van der Waals surface area contributed by atoms with E-state index in [1.54, 1.807) is 12.1 Å². The van der Waals surface area contributed by atoms with E-state index in [-0.39, 0.29) is 6.10 Å². The first kappa shape index (κ1) is 22.6. The Balaban J connectivity index is 1.56. The van der Waals surface area contributed by atoms with Gasteiger partial charge in [0.1, 0.15) is 36.9 Å². The molecule has 0 radical (unpaired) electrons. The van der Waals surface area contributed by atoms with E-state index in [2.05, 4.69) is 29.0 Å². The van der Waals surface area contributed by atoms with E-state index in [4.69, 9.17) is 14.2 Å². The molecule has 1 fully saturated rings. The number of morpholine rings is 1. The predicted molar refractivity (Wildman–Crippen MR) is 117 cm³/mol. The molecule has 2 aromatic carbocycles. The highest BCUT2D eigenvalue weighted by Gasteiger charge is 2.21. The van der Waals surface area contributed by atoms with E-state index in [1.165, 1.54) is 0 Å². The molecule has 0 N–H and O–H groups in total. The van der Waals surface area contributed by atoms with Gasteiger partial charge in [0.05, 0.1) is 23.8 Å². The summed E-state index contributed by atoms with van der Waals surface area (Å²) in [5.41, 5.74) is 1.06. The van der Waals surface area contributed by atoms with Gasteiger partial charge in [-0.1, -0.05) is 24.3 Å². The van der Waals surface area contributed by atoms with Crippen LogP contribution in [0, 0.1) is 22.7 Å². The Kier molecular flexibility index (Phi) is 8.69. The molecule has 1 unspecified atom stereocenters. The maximum atomic E-state index is 9.23. The summed E-state index contributed by atoms with van der Waals surface area (Å²) in [6.45, 7) is 5.57. The lowest BCUT2D eigenvalue weighted by Crippen LogP contribution is -2.47. The molecule has 0 amide bonds. The molecule has 3 rings (SSSR count). The van der Waals surface area contributed by atoms with Crippen LogP contribution in [0.5, 0.6) is 11.5 Å². The summed E-state index contributed by atoms with van der Waals surface area (Å²) in [5, 5.41) is 18.5. The molecule has 0 bridgehead atoms. The zero-order chi connectivity index (χ0) is 21.9. The zero-order valence-corrected chi connectivity index (χ0v) is 17.9. The molecule has 0 spiro atoms. The van der Waals surface area contributed by atoms with Crippen molar-refractivity contribution in [2.75, 3.05) is 59.6 Å². The fraction of sp³-hybridized carbons (Fsp3) is 0.417. The van der Waals surface area contributed by atoms with Crippen LogP contribution in [0.1, 0.15) is 11.1 Å². The van der Waals surface area contributed by atoms with Crippen molar-refractivity contribution in [3.05, 3.63) is 59.7 Å². The first-order valence-corrected chi connectivity index (χ1v) is 10.5. The van der Waals surface area contributed by atoms with E-state index in [0.29, 0.717) is 48.9 Å². The van der Waals surface area contributed by atoms with Gasteiger partial charge in [-0.3, -0.25) is 4.90 Å². The fourth-order valence-electron chi connectivity index (χ4n) is 3.50. The largest absolute Gasteiger partial charge is 0.491 e. The Labute approximate surface area is 184 Å². The van der Waals surface area contributed by atoms with E-state index >= 15 is 0 Å². The monoisotopic (exact) mass is 420 g/mol. The zero-order valence-electron chi connectivity index (χ0n) is 17.9. The van der Waals surface area contributed by atoms with E-state index in [1.807, 2.05) is 36.4 Å². The summed E-state index contributed by atoms with van der Waals surface area (Å²) in [6.07, 6.45) is 0.122. The minimum absolute atomic E-state index is 0.122. The third kappa shape index (κ3) is 6.97. The lowest BCUT2D eigenvalue weighted by molar-refractivity contribution is -0.0378. The number of likely N-dealkylation sites (N-methyl/N-ethyl adjacent to an activating group) is 1. The summed E-state index contributed by atoms with van der Waals surface area (Å²) < 4.78 is 17.7. The topological polar surface area (TPSA) is 81.8 Å². The van der Waals surface area contributed by atoms with Crippen LogP contribution in [0.3, 0.4) is 0 Å². The highest BCUT2D eigenvalue weighted by Crippen LogP contribution is 2.18. The second-order valence-corrected chi connectivity index (χ2v) is 7.47. The Hall–Kier alpha value is -3.10. The van der Waals surface area contributed by atoms with Gasteiger partial charge in [-0.25, -0.2) is 0 Å². The van der Waals surface area contributed by atoms with Crippen molar-refractivity contribution in [1.82, 2.24) is 9.80 Å². The normalized spacial score (nSPS) is 16.5. The molecule has 2 aromatic rings. The Morgan fingerprint density at radius 2 is 1.52 bits per heavy atom. The molecule has 1 atom stereocenters. The molecule has 0 aromatic heterocycles. The summed E-state index contributed by atoms with van der Waals surface area (Å²) in [6, 6.07) is 18.8. The molecule has 1 aliphatic rings. The van der Waals surface area contributed by atoms with Crippen molar-refractivity contribution in [1.29, 1.82) is 10.5 Å². The Morgan fingerprint density at radius 1 is 0.968 bits per heavy atom. The van der Waals surface area contributed by atoms with Gasteiger partial charge in [0, 0.05) is 32.7 Å². The van der Waals surface area contributed by atoms with E-state index in [0.717, 1.165) is 26.2 Å². The number of hydrogen-bond donors (Lipinski definition) is 0. The van der Waals surface area contributed by atoms with Crippen molar-refractivity contribution in [3.63, 3.8) is 0 Å². The van der Waals surface area contributed by atoms with Crippen LogP contribution in [0.15, 0.2) is 48.5 Å². The fourth-order valence-corrected chi connectivity index (χ4v) is 3.50. The number of ether oxygens (including phenoxy) is 3. The summed E-state index contributed by atoms with van der Waals surface area (Å²) in [5.74, 6) is 1.19. The number of benzene rings is 2. The average molecular weight is 421 g/mol. The smallest absolute Gasteiger partial charge is 0.137 e. The number of rotatable bonds is 10. The van der Waals surface area contributed by atoms with Crippen LogP contribution < -0.4 is 9.47 Å². The minimum Gasteiger partial charge on any atom is -0.491 e. The maximum absolute atomic E-state index is 9.23. The molecule has 0 saturated carbocycles. The molecule has 7 heteroatoms. The number of nitriles is 2. The second-order valence-electron chi connectivity index (χ2n) is 7.47. The summed E-state index contributed by atoms with van der Waals surface area (Å²) in [4.78, 5) is 4.51. The van der Waals surface area contributed by atoms with Gasteiger partial charge in [0.25, 0.3) is 0 Å². The van der Waals surface area contributed by atoms with Gasteiger partial charge >= 0.3 is 0 Å². The molecular weight excluding hydrogens is 392 g/mol. The van der Waals surface area contributed by atoms with Crippen molar-refractivity contribution in [2.24, 2.45) is 0 Å². The van der Waals surface area contributed by atoms with Crippen LogP contribution in [0.2, 0.25) is 0 Å². The standard InChI is InChI=1S/C24H28N4O3/c1-27-10-13-29-22(18-27)19-28(11-14-30-23-8-4-2-6-20(23)16-25)12-15-31-24-9-5-3-7-21(24)17-26/h2-9,22H,10-15,18-19H2,1H3. The van der Waals surface area contributed by atoms with Crippen molar-refractivity contribution in [2.45, 2.75) is 6.10 Å². The van der Waals surface area contributed by atoms with Crippen LogP contribution in [-0.4, -0.2) is 75.5 Å². The molecule has 31 heavy (non-hydrogen) atoms. The van der Waals surface area contributed by atoms with Crippen LogP contribution >= 0.6 is 0 Å². The number of hydrogen-bond acceptors (Lipinski definition) is 7. The highest BCUT2D eigenvalue weighted by molar-refractivity contribution is 5.43. The minimum atomic E-state index is 0.122. The van der Waals surface area contributed by atoms with E-state index < -0.39 is 0 Å². The quantitative estimate of drug-likeness (QED) is 0.584. The lowest BCUT2D eigenvalue weighted by Gasteiger charge is -2.34. The van der Waals surface area contributed by atoms with Gasteiger partial charge < -0.3 is 19.1 Å². The van der Waals surface area contributed by atoms with Gasteiger partial charge in [-0.15, -0.1) is 0 Å². The predicted octanol–water partition coefficient (Wildman–Crippen LogP) is 2.52. The third-order valence-corrected chi connectivity index (χ3v) is 5.15. The maximum Gasteiger partial charge on any atom is 0.137 e. The molecular formula is C24H28N4O3. The number of nitrogens with zero attached hydrogens (tertiary/aromatic N) is 4. The Bertz CT molecular complexity index is 858. The first-order valence-electron chi connectivity index (χ1n) is 10.5. The van der Waals surface area contributed by atoms with Crippen LogP contribution in [-0.2, 0) is 4.74 Å². The van der Waals surface area contributed by atoms with Gasteiger partial charge in [0.2, 0.25) is 0 Å². The Morgan fingerprint density at radius 3 is 2.03 bits per heavy atom. The second kappa shape index (κ2) is 11.9. The third-order valence-electron chi connectivity index (χ3n) is 5.15. The molecule has 0 aliphatic carbocycles. The average Bonchev–Trinajstić information content (AvgIpc) is 2.79. The molecule has 1 heterocycles. The molecule has 7 nitrogen and oxygen atoms in total. The van der Waals surface area contributed by atoms with Gasteiger partial charge in [-0.2, -0.15) is 10.5 Å². The van der Waals surface area contributed by atoms with Gasteiger partial charge in [0.15, 0.2) is 0 Å². The summed E-state index contributed by atoms with van der Waals surface area (Å²) >= 11 is 0. The SMILES string of the molecule is CN1CCOC(CN(CCOc2ccccc2C#N)CCOc2ccccc2C#N)C1. The van der Waals surface area contributed by atoms with E-state index in [9.17, 15) is 10.5 Å². The highest BCUT2D eigenvalue weighted by atomic mass is 16.5. The summed E-state index contributed by atoms with van der Waals surface area (Å²) in [7, 11) is 2.10. The van der Waals surface area contributed by atoms with Crippen LogP contribution in [0.25, 0.3) is 0 Å². The first-order chi connectivity index (χ1) is 15.2.